The Bertz CT molecular complexity index is 571. The van der Waals surface area contributed by atoms with Gasteiger partial charge in [-0.3, -0.25) is 11.3 Å². The predicted octanol–water partition coefficient (Wildman–Crippen LogP) is 2.07. The van der Waals surface area contributed by atoms with Gasteiger partial charge >= 0.3 is 0 Å². The first-order valence-electron chi connectivity index (χ1n) is 6.19. The number of nitrogens with two attached hydrogens (primary N) is 2. The second-order valence-corrected chi connectivity index (χ2v) is 4.97. The van der Waals surface area contributed by atoms with Gasteiger partial charge in [0.05, 0.1) is 0 Å². The Labute approximate surface area is 121 Å². The lowest BCUT2D eigenvalue weighted by Crippen LogP contribution is -2.38. The number of hydrogen-bond acceptors (Lipinski definition) is 4. The summed E-state index contributed by atoms with van der Waals surface area (Å²) in [4.78, 5) is 3.93. The van der Waals surface area contributed by atoms with E-state index in [1.54, 1.807) is 24.4 Å². The smallest absolute Gasteiger partial charge is 0.127 e. The highest BCUT2D eigenvalue weighted by Crippen LogP contribution is 2.21. The first-order chi connectivity index (χ1) is 9.60. The molecule has 0 radical (unpaired) electrons. The Morgan fingerprint density at radius 1 is 1.30 bits per heavy atom. The zero-order valence-electron chi connectivity index (χ0n) is 10.8. The topological polar surface area (TPSA) is 77.0 Å². The number of benzene rings is 1. The van der Waals surface area contributed by atoms with Crippen LogP contribution in [-0.2, 0) is 12.8 Å². The van der Waals surface area contributed by atoms with E-state index in [-0.39, 0.29) is 11.9 Å². The van der Waals surface area contributed by atoms with Crippen LogP contribution in [0.15, 0.2) is 36.5 Å². The van der Waals surface area contributed by atoms with Crippen molar-refractivity contribution in [3.05, 3.63) is 58.5 Å². The van der Waals surface area contributed by atoms with Crippen LogP contribution in [0.3, 0.4) is 0 Å². The van der Waals surface area contributed by atoms with Gasteiger partial charge in [-0.1, -0.05) is 17.7 Å². The van der Waals surface area contributed by atoms with Crippen molar-refractivity contribution >= 4 is 17.4 Å². The van der Waals surface area contributed by atoms with Gasteiger partial charge in [-0.25, -0.2) is 9.37 Å². The molecule has 20 heavy (non-hydrogen) atoms. The molecular weight excluding hydrogens is 279 g/mol. The van der Waals surface area contributed by atoms with Gasteiger partial charge in [0.2, 0.25) is 0 Å². The number of anilines is 1. The molecule has 0 bridgehead atoms. The van der Waals surface area contributed by atoms with E-state index in [1.807, 2.05) is 6.07 Å². The first kappa shape index (κ1) is 14.7. The SMILES string of the molecule is NNC(Cc1ccnc(N)c1)Cc1c(F)cccc1Cl. The van der Waals surface area contributed by atoms with Gasteiger partial charge in [0.1, 0.15) is 11.6 Å². The fourth-order valence-corrected chi connectivity index (χ4v) is 2.31. The Hall–Kier alpha value is -1.69. The third-order valence-electron chi connectivity index (χ3n) is 3.08. The van der Waals surface area contributed by atoms with Gasteiger partial charge in [-0.05, 0) is 42.7 Å². The lowest BCUT2D eigenvalue weighted by Gasteiger charge is -2.17. The maximum Gasteiger partial charge on any atom is 0.127 e. The highest BCUT2D eigenvalue weighted by atomic mass is 35.5. The Kier molecular flexibility index (Phi) is 4.89. The summed E-state index contributed by atoms with van der Waals surface area (Å²) < 4.78 is 13.8. The van der Waals surface area contributed by atoms with Gasteiger partial charge in [0.15, 0.2) is 0 Å². The standard InChI is InChI=1S/C14H16ClFN4/c15-12-2-1-3-13(16)11(12)8-10(20-18)6-9-4-5-19-14(17)7-9/h1-5,7,10,20H,6,8,18H2,(H2,17,19). The summed E-state index contributed by atoms with van der Waals surface area (Å²) in [5.74, 6) is 5.66. The molecule has 0 aliphatic carbocycles. The van der Waals surface area contributed by atoms with Crippen molar-refractivity contribution in [1.82, 2.24) is 10.4 Å². The first-order valence-corrected chi connectivity index (χ1v) is 6.57. The van der Waals surface area contributed by atoms with Crippen molar-refractivity contribution in [3.8, 4) is 0 Å². The van der Waals surface area contributed by atoms with Crippen LogP contribution in [0.25, 0.3) is 0 Å². The van der Waals surface area contributed by atoms with Gasteiger partial charge in [-0.2, -0.15) is 0 Å². The zero-order chi connectivity index (χ0) is 14.5. The molecule has 1 aromatic heterocycles. The van der Waals surface area contributed by atoms with E-state index in [9.17, 15) is 4.39 Å². The summed E-state index contributed by atoms with van der Waals surface area (Å²) in [6.45, 7) is 0. The number of nitrogens with zero attached hydrogens (tertiary/aromatic N) is 1. The Balaban J connectivity index is 2.13. The zero-order valence-corrected chi connectivity index (χ0v) is 11.6. The van der Waals surface area contributed by atoms with E-state index >= 15 is 0 Å². The van der Waals surface area contributed by atoms with Crippen molar-refractivity contribution in [1.29, 1.82) is 0 Å². The average molecular weight is 295 g/mol. The number of hydrogen-bond donors (Lipinski definition) is 3. The molecule has 0 saturated heterocycles. The molecule has 2 aromatic rings. The highest BCUT2D eigenvalue weighted by Gasteiger charge is 2.14. The van der Waals surface area contributed by atoms with Crippen LogP contribution in [0.4, 0.5) is 10.2 Å². The molecule has 0 fully saturated rings. The van der Waals surface area contributed by atoms with Crippen molar-refractivity contribution in [2.24, 2.45) is 5.84 Å². The van der Waals surface area contributed by atoms with E-state index < -0.39 is 0 Å². The molecule has 1 heterocycles. The van der Waals surface area contributed by atoms with Crippen LogP contribution >= 0.6 is 11.6 Å². The fraction of sp³-hybridized carbons (Fsp3) is 0.214. The summed E-state index contributed by atoms with van der Waals surface area (Å²) in [6.07, 6.45) is 2.63. The quantitative estimate of drug-likeness (QED) is 0.583. The molecule has 0 aliphatic rings. The van der Waals surface area contributed by atoms with Crippen LogP contribution in [0.5, 0.6) is 0 Å². The third-order valence-corrected chi connectivity index (χ3v) is 3.43. The Morgan fingerprint density at radius 3 is 2.75 bits per heavy atom. The van der Waals surface area contributed by atoms with Crippen molar-refractivity contribution in [2.45, 2.75) is 18.9 Å². The second kappa shape index (κ2) is 6.65. The largest absolute Gasteiger partial charge is 0.384 e. The number of hydrazine groups is 1. The minimum atomic E-state index is -0.327. The minimum Gasteiger partial charge on any atom is -0.384 e. The summed E-state index contributed by atoms with van der Waals surface area (Å²) in [6, 6.07) is 8.11. The fourth-order valence-electron chi connectivity index (χ4n) is 2.07. The molecule has 106 valence electrons. The molecule has 0 spiro atoms. The lowest BCUT2D eigenvalue weighted by molar-refractivity contribution is 0.506. The molecular formula is C14H16ClFN4. The maximum absolute atomic E-state index is 13.8. The molecule has 1 atom stereocenters. The monoisotopic (exact) mass is 294 g/mol. The molecule has 0 saturated carbocycles. The summed E-state index contributed by atoms with van der Waals surface area (Å²) >= 11 is 6.02. The van der Waals surface area contributed by atoms with Gasteiger partial charge < -0.3 is 5.73 Å². The number of halogens is 2. The maximum atomic E-state index is 13.8. The van der Waals surface area contributed by atoms with Crippen molar-refractivity contribution < 1.29 is 4.39 Å². The predicted molar refractivity (Wildman–Crippen MR) is 78.6 cm³/mol. The van der Waals surface area contributed by atoms with Crippen LogP contribution in [0, 0.1) is 5.82 Å². The van der Waals surface area contributed by atoms with Crippen molar-refractivity contribution in [3.63, 3.8) is 0 Å². The number of pyridine rings is 1. The normalized spacial score (nSPS) is 12.3. The summed E-state index contributed by atoms with van der Waals surface area (Å²) in [5, 5.41) is 0.402. The molecule has 0 amide bonds. The highest BCUT2D eigenvalue weighted by molar-refractivity contribution is 6.31. The van der Waals surface area contributed by atoms with E-state index in [2.05, 4.69) is 10.4 Å². The van der Waals surface area contributed by atoms with E-state index in [4.69, 9.17) is 23.2 Å². The van der Waals surface area contributed by atoms with Crippen LogP contribution < -0.4 is 17.0 Å². The van der Waals surface area contributed by atoms with E-state index in [1.165, 1.54) is 6.07 Å². The molecule has 1 aromatic carbocycles. The van der Waals surface area contributed by atoms with Crippen LogP contribution in [0.2, 0.25) is 5.02 Å². The number of nitrogen functional groups attached to an aromatic ring is 1. The van der Waals surface area contributed by atoms with Crippen molar-refractivity contribution in [2.75, 3.05) is 5.73 Å². The average Bonchev–Trinajstić information content (AvgIpc) is 2.42. The minimum absolute atomic E-state index is 0.147. The Morgan fingerprint density at radius 2 is 2.10 bits per heavy atom. The molecule has 6 heteroatoms. The number of rotatable bonds is 5. The van der Waals surface area contributed by atoms with Crippen LogP contribution in [-0.4, -0.2) is 11.0 Å². The van der Waals surface area contributed by atoms with E-state index in [0.717, 1.165) is 5.56 Å². The summed E-state index contributed by atoms with van der Waals surface area (Å²) in [5.41, 5.74) is 9.76. The molecule has 1 unspecified atom stereocenters. The molecule has 5 N–H and O–H groups in total. The lowest BCUT2D eigenvalue weighted by atomic mass is 9.99. The molecule has 2 rings (SSSR count). The van der Waals surface area contributed by atoms with Gasteiger partial charge in [-0.15, -0.1) is 0 Å². The van der Waals surface area contributed by atoms with Gasteiger partial charge in [0, 0.05) is 22.8 Å². The van der Waals surface area contributed by atoms with Gasteiger partial charge in [0.25, 0.3) is 0 Å². The van der Waals surface area contributed by atoms with E-state index in [0.29, 0.717) is 29.2 Å². The van der Waals surface area contributed by atoms with Crippen LogP contribution in [0.1, 0.15) is 11.1 Å². The number of nitrogens with one attached hydrogen (secondary N) is 1. The molecule has 4 nitrogen and oxygen atoms in total. The molecule has 0 aliphatic heterocycles. The second-order valence-electron chi connectivity index (χ2n) is 4.56. The summed E-state index contributed by atoms with van der Waals surface area (Å²) in [7, 11) is 0. The third kappa shape index (κ3) is 3.66. The number of aromatic nitrogens is 1.